The van der Waals surface area contributed by atoms with Gasteiger partial charge in [0.2, 0.25) is 5.91 Å². The normalized spacial score (nSPS) is 12.0. The number of anilines is 1. The lowest BCUT2D eigenvalue weighted by atomic mass is 10.2. The van der Waals surface area contributed by atoms with Crippen LogP contribution in [-0.2, 0) is 4.79 Å². The number of ether oxygens (including phenoxy) is 1. The molecule has 1 unspecified atom stereocenters. The lowest BCUT2D eigenvalue weighted by Gasteiger charge is -2.12. The molecule has 1 atom stereocenters. The molecule has 0 saturated carbocycles. The summed E-state index contributed by atoms with van der Waals surface area (Å²) < 4.78 is 7.18. The van der Waals surface area contributed by atoms with Crippen molar-refractivity contribution in [2.24, 2.45) is 0 Å². The zero-order valence-corrected chi connectivity index (χ0v) is 12.7. The maximum atomic E-state index is 12.0. The van der Waals surface area contributed by atoms with Crippen molar-refractivity contribution >= 4 is 11.6 Å². The van der Waals surface area contributed by atoms with Gasteiger partial charge in [0.1, 0.15) is 5.75 Å². The molecule has 21 heavy (non-hydrogen) atoms. The zero-order chi connectivity index (χ0) is 15.2. The number of carbonyl (C=O) groups is 1. The van der Waals surface area contributed by atoms with Crippen LogP contribution >= 0.6 is 0 Å². The second-order valence-corrected chi connectivity index (χ2v) is 5.00. The van der Waals surface area contributed by atoms with Gasteiger partial charge in [0.25, 0.3) is 0 Å². The van der Waals surface area contributed by atoms with Crippen molar-refractivity contribution < 1.29 is 9.53 Å². The van der Waals surface area contributed by atoms with E-state index in [-0.39, 0.29) is 11.9 Å². The Balaban J connectivity index is 1.89. The van der Waals surface area contributed by atoms with E-state index in [1.165, 1.54) is 0 Å². The highest BCUT2D eigenvalue weighted by molar-refractivity contribution is 5.90. The third-order valence-corrected chi connectivity index (χ3v) is 3.12. The van der Waals surface area contributed by atoms with Crippen molar-refractivity contribution in [2.45, 2.75) is 33.2 Å². The number of benzene rings is 1. The third kappa shape index (κ3) is 4.34. The lowest BCUT2D eigenvalue weighted by Crippen LogP contribution is -2.18. The van der Waals surface area contributed by atoms with Gasteiger partial charge < -0.3 is 10.1 Å². The summed E-state index contributed by atoms with van der Waals surface area (Å²) in [6.07, 6.45) is 2.28. The Kier molecular flexibility index (Phi) is 4.98. The molecule has 0 aliphatic heterocycles. The summed E-state index contributed by atoms with van der Waals surface area (Å²) in [4.78, 5) is 12.0. The number of amides is 1. The molecule has 1 heterocycles. The highest BCUT2D eigenvalue weighted by Crippen LogP contribution is 2.17. The Bertz CT molecular complexity index is 590. The van der Waals surface area contributed by atoms with Gasteiger partial charge in [-0.25, -0.2) is 0 Å². The zero-order valence-electron chi connectivity index (χ0n) is 12.7. The maximum absolute atomic E-state index is 12.0. The van der Waals surface area contributed by atoms with Crippen LogP contribution in [0, 0.1) is 6.92 Å². The monoisotopic (exact) mass is 287 g/mol. The Morgan fingerprint density at radius 1 is 1.33 bits per heavy atom. The molecule has 1 aromatic heterocycles. The fraction of sp³-hybridized carbons (Fsp3) is 0.375. The Morgan fingerprint density at radius 2 is 2.05 bits per heavy atom. The van der Waals surface area contributed by atoms with E-state index < -0.39 is 0 Å². The quantitative estimate of drug-likeness (QED) is 0.887. The Morgan fingerprint density at radius 3 is 2.62 bits per heavy atom. The van der Waals surface area contributed by atoms with Crippen molar-refractivity contribution in [1.29, 1.82) is 0 Å². The number of nitrogens with zero attached hydrogens (tertiary/aromatic N) is 2. The SMILES string of the molecule is CCOc1ccc(NC(=O)CC(C)n2ccc(C)n2)cc1. The molecule has 0 aliphatic carbocycles. The molecule has 0 bridgehead atoms. The molecular weight excluding hydrogens is 266 g/mol. The fourth-order valence-corrected chi connectivity index (χ4v) is 2.05. The Hall–Kier alpha value is -2.30. The molecular formula is C16H21N3O2. The summed E-state index contributed by atoms with van der Waals surface area (Å²) in [5.74, 6) is 0.774. The molecule has 1 N–H and O–H groups in total. The van der Waals surface area contributed by atoms with Gasteiger partial charge in [-0.15, -0.1) is 0 Å². The van der Waals surface area contributed by atoms with Crippen molar-refractivity contribution in [3.05, 3.63) is 42.2 Å². The molecule has 5 heteroatoms. The van der Waals surface area contributed by atoms with Crippen LogP contribution in [0.2, 0.25) is 0 Å². The van der Waals surface area contributed by atoms with E-state index in [0.29, 0.717) is 13.0 Å². The van der Waals surface area contributed by atoms with E-state index in [1.807, 2.05) is 62.0 Å². The number of carbonyl (C=O) groups excluding carboxylic acids is 1. The van der Waals surface area contributed by atoms with Crippen LogP contribution in [0.5, 0.6) is 5.75 Å². The van der Waals surface area contributed by atoms with Crippen molar-refractivity contribution in [3.8, 4) is 5.75 Å². The highest BCUT2D eigenvalue weighted by Gasteiger charge is 2.11. The number of rotatable bonds is 6. The smallest absolute Gasteiger partial charge is 0.226 e. The summed E-state index contributed by atoms with van der Waals surface area (Å²) in [6, 6.07) is 9.33. The van der Waals surface area contributed by atoms with Crippen molar-refractivity contribution in [1.82, 2.24) is 9.78 Å². The second-order valence-electron chi connectivity index (χ2n) is 5.00. The first-order valence-electron chi connectivity index (χ1n) is 7.13. The third-order valence-electron chi connectivity index (χ3n) is 3.12. The van der Waals surface area contributed by atoms with E-state index in [1.54, 1.807) is 0 Å². The van der Waals surface area contributed by atoms with E-state index in [2.05, 4.69) is 10.4 Å². The van der Waals surface area contributed by atoms with Gasteiger partial charge in [0.05, 0.1) is 18.3 Å². The van der Waals surface area contributed by atoms with E-state index in [0.717, 1.165) is 17.1 Å². The molecule has 2 rings (SSSR count). The first-order valence-corrected chi connectivity index (χ1v) is 7.13. The topological polar surface area (TPSA) is 56.1 Å². The van der Waals surface area contributed by atoms with Gasteiger partial charge in [-0.3, -0.25) is 9.48 Å². The highest BCUT2D eigenvalue weighted by atomic mass is 16.5. The molecule has 0 saturated heterocycles. The Labute approximate surface area is 124 Å². The lowest BCUT2D eigenvalue weighted by molar-refractivity contribution is -0.116. The van der Waals surface area contributed by atoms with Gasteiger partial charge in [0, 0.05) is 18.3 Å². The number of aryl methyl sites for hydroxylation is 1. The second kappa shape index (κ2) is 6.92. The largest absolute Gasteiger partial charge is 0.494 e. The first-order chi connectivity index (χ1) is 10.1. The number of nitrogens with one attached hydrogen (secondary N) is 1. The minimum Gasteiger partial charge on any atom is -0.494 e. The average Bonchev–Trinajstić information content (AvgIpc) is 2.88. The van der Waals surface area contributed by atoms with Gasteiger partial charge >= 0.3 is 0 Å². The van der Waals surface area contributed by atoms with E-state index >= 15 is 0 Å². The maximum Gasteiger partial charge on any atom is 0.226 e. The molecule has 1 amide bonds. The van der Waals surface area contributed by atoms with Crippen LogP contribution in [0.1, 0.15) is 32.0 Å². The van der Waals surface area contributed by atoms with Crippen LogP contribution in [-0.4, -0.2) is 22.3 Å². The molecule has 1 aromatic carbocycles. The summed E-state index contributed by atoms with van der Waals surface area (Å²) in [5, 5.41) is 7.21. The molecule has 0 aliphatic rings. The van der Waals surface area contributed by atoms with Crippen LogP contribution in [0.4, 0.5) is 5.69 Å². The molecule has 0 radical (unpaired) electrons. The van der Waals surface area contributed by atoms with Crippen molar-refractivity contribution in [2.75, 3.05) is 11.9 Å². The molecule has 5 nitrogen and oxygen atoms in total. The van der Waals surface area contributed by atoms with Gasteiger partial charge in [-0.1, -0.05) is 0 Å². The van der Waals surface area contributed by atoms with E-state index in [4.69, 9.17) is 4.74 Å². The van der Waals surface area contributed by atoms with Crippen molar-refractivity contribution in [3.63, 3.8) is 0 Å². The first kappa shape index (κ1) is 15.1. The standard InChI is InChI=1S/C16H21N3O2/c1-4-21-15-7-5-14(6-8-15)17-16(20)11-13(3)19-10-9-12(2)18-19/h5-10,13H,4,11H2,1-3H3,(H,17,20). The molecule has 2 aromatic rings. The predicted molar refractivity (Wildman–Crippen MR) is 82.5 cm³/mol. The minimum absolute atomic E-state index is 0.0280. The summed E-state index contributed by atoms with van der Waals surface area (Å²) in [7, 11) is 0. The van der Waals surface area contributed by atoms with Gasteiger partial charge in [-0.2, -0.15) is 5.10 Å². The minimum atomic E-state index is -0.0280. The van der Waals surface area contributed by atoms with Gasteiger partial charge in [0.15, 0.2) is 0 Å². The summed E-state index contributed by atoms with van der Waals surface area (Å²) in [6.45, 7) is 6.48. The molecule has 112 valence electrons. The van der Waals surface area contributed by atoms with E-state index in [9.17, 15) is 4.79 Å². The summed E-state index contributed by atoms with van der Waals surface area (Å²) in [5.41, 5.74) is 1.72. The average molecular weight is 287 g/mol. The van der Waals surface area contributed by atoms with Crippen LogP contribution in [0.25, 0.3) is 0 Å². The van der Waals surface area contributed by atoms with Crippen LogP contribution in [0.3, 0.4) is 0 Å². The molecule has 0 fully saturated rings. The van der Waals surface area contributed by atoms with Gasteiger partial charge in [-0.05, 0) is 51.1 Å². The van der Waals surface area contributed by atoms with Crippen LogP contribution in [0.15, 0.2) is 36.5 Å². The van der Waals surface area contributed by atoms with Crippen LogP contribution < -0.4 is 10.1 Å². The number of aromatic nitrogens is 2. The number of hydrogen-bond donors (Lipinski definition) is 1. The summed E-state index contributed by atoms with van der Waals surface area (Å²) >= 11 is 0. The fourth-order valence-electron chi connectivity index (χ4n) is 2.05. The predicted octanol–water partition coefficient (Wildman–Crippen LogP) is 3.18. The molecule has 0 spiro atoms. The number of hydrogen-bond acceptors (Lipinski definition) is 3.